The number of allylic oxidation sites excluding steroid dienone is 1. The third kappa shape index (κ3) is 3.24. The number of Topliss-reactive ketones (excluding diaryl/α,β-unsaturated/α-hetero) is 2. The zero-order valence-electron chi connectivity index (χ0n) is 13.5. The average Bonchev–Trinajstić information content (AvgIpc) is 2.86. The molecular weight excluding hydrogens is 431 g/mol. The van der Waals surface area contributed by atoms with Gasteiger partial charge in [-0.1, -0.05) is 36.9 Å². The molecule has 0 heterocycles. The second-order valence-electron chi connectivity index (χ2n) is 5.40. The molecule has 0 saturated carbocycles. The van der Waals surface area contributed by atoms with Crippen LogP contribution in [0.3, 0.4) is 0 Å². The van der Waals surface area contributed by atoms with Gasteiger partial charge in [0.2, 0.25) is 0 Å². The Morgan fingerprint density at radius 1 is 1.12 bits per heavy atom. The Labute approximate surface area is 159 Å². The van der Waals surface area contributed by atoms with Crippen molar-refractivity contribution in [3.8, 4) is 11.5 Å². The molecule has 1 aliphatic rings. The maximum Gasteiger partial charge on any atom is 0.197 e. The van der Waals surface area contributed by atoms with E-state index in [0.29, 0.717) is 34.8 Å². The van der Waals surface area contributed by atoms with Gasteiger partial charge in [0.15, 0.2) is 23.1 Å². The molecule has 0 amide bonds. The van der Waals surface area contributed by atoms with E-state index in [9.17, 15) is 9.59 Å². The number of fused-ring (bicyclic) bond motifs is 1. The smallest absolute Gasteiger partial charge is 0.197 e. The normalized spacial score (nSPS) is 12.8. The van der Waals surface area contributed by atoms with Crippen LogP contribution in [0.5, 0.6) is 11.5 Å². The Balaban J connectivity index is 2.02. The third-order valence-corrected chi connectivity index (χ3v) is 4.62. The molecule has 0 N–H and O–H groups in total. The van der Waals surface area contributed by atoms with E-state index >= 15 is 0 Å². The zero-order valence-corrected chi connectivity index (χ0v) is 15.7. The van der Waals surface area contributed by atoms with Crippen LogP contribution in [0.2, 0.25) is 0 Å². The molecule has 0 unspecified atom stereocenters. The van der Waals surface area contributed by atoms with Gasteiger partial charge in [0, 0.05) is 11.1 Å². The van der Waals surface area contributed by atoms with Gasteiger partial charge in [0.25, 0.3) is 0 Å². The lowest BCUT2D eigenvalue weighted by atomic mass is 10.1. The summed E-state index contributed by atoms with van der Waals surface area (Å²) < 4.78 is 11.8. The summed E-state index contributed by atoms with van der Waals surface area (Å²) in [6.07, 6.45) is 3.26. The number of ether oxygens (including phenoxy) is 2. The summed E-state index contributed by atoms with van der Waals surface area (Å²) in [5.74, 6) is 0.650. The molecule has 0 fully saturated rings. The average molecular weight is 446 g/mol. The van der Waals surface area contributed by atoms with Gasteiger partial charge in [-0.15, -0.1) is 0 Å². The van der Waals surface area contributed by atoms with Crippen LogP contribution in [0.1, 0.15) is 26.3 Å². The highest BCUT2D eigenvalue weighted by atomic mass is 127. The van der Waals surface area contributed by atoms with Crippen LogP contribution in [0.4, 0.5) is 0 Å². The molecule has 25 heavy (non-hydrogen) atoms. The SMILES string of the molecule is C=CCOc1c(I)cc(C=C2C(=O)c3ccccc3C2=O)cc1OC. The van der Waals surface area contributed by atoms with Crippen molar-refractivity contribution in [1.82, 2.24) is 0 Å². The number of halogens is 1. The van der Waals surface area contributed by atoms with Crippen molar-refractivity contribution >= 4 is 40.2 Å². The van der Waals surface area contributed by atoms with Crippen LogP contribution in [-0.4, -0.2) is 25.3 Å². The summed E-state index contributed by atoms with van der Waals surface area (Å²) in [6, 6.07) is 10.4. The fourth-order valence-corrected chi connectivity index (χ4v) is 3.46. The quantitative estimate of drug-likeness (QED) is 0.297. The van der Waals surface area contributed by atoms with Gasteiger partial charge in [-0.05, 0) is 46.4 Å². The fourth-order valence-electron chi connectivity index (χ4n) is 2.68. The molecule has 4 nitrogen and oxygen atoms in total. The predicted molar refractivity (Wildman–Crippen MR) is 104 cm³/mol. The van der Waals surface area contributed by atoms with Crippen molar-refractivity contribution in [3.63, 3.8) is 0 Å². The Hall–Kier alpha value is -2.41. The lowest BCUT2D eigenvalue weighted by Crippen LogP contribution is -2.02. The molecule has 0 radical (unpaired) electrons. The molecular formula is C20H15IO4. The van der Waals surface area contributed by atoms with Crippen LogP contribution < -0.4 is 9.47 Å². The molecule has 126 valence electrons. The minimum absolute atomic E-state index is 0.166. The maximum absolute atomic E-state index is 12.5. The zero-order chi connectivity index (χ0) is 18.0. The Bertz CT molecular complexity index is 875. The molecule has 2 aromatic carbocycles. The second-order valence-corrected chi connectivity index (χ2v) is 6.56. The number of carbonyl (C=O) groups is 2. The van der Waals surface area contributed by atoms with E-state index in [1.165, 1.54) is 0 Å². The molecule has 5 heteroatoms. The lowest BCUT2D eigenvalue weighted by Gasteiger charge is -2.12. The van der Waals surface area contributed by atoms with E-state index in [2.05, 4.69) is 29.2 Å². The van der Waals surface area contributed by atoms with Crippen LogP contribution >= 0.6 is 22.6 Å². The molecule has 0 saturated heterocycles. The minimum Gasteiger partial charge on any atom is -0.493 e. The van der Waals surface area contributed by atoms with E-state index in [-0.39, 0.29) is 17.1 Å². The van der Waals surface area contributed by atoms with E-state index in [1.54, 1.807) is 49.6 Å². The van der Waals surface area contributed by atoms with E-state index < -0.39 is 0 Å². The predicted octanol–water partition coefficient (Wildman–Crippen LogP) is 4.33. The van der Waals surface area contributed by atoms with Crippen molar-refractivity contribution in [2.45, 2.75) is 0 Å². The number of carbonyl (C=O) groups excluding carboxylic acids is 2. The molecule has 0 bridgehead atoms. The maximum atomic E-state index is 12.5. The second kappa shape index (κ2) is 7.23. The van der Waals surface area contributed by atoms with Crippen molar-refractivity contribution in [2.75, 3.05) is 13.7 Å². The van der Waals surface area contributed by atoms with Crippen molar-refractivity contribution in [3.05, 3.63) is 74.9 Å². The molecule has 0 spiro atoms. The Morgan fingerprint density at radius 2 is 1.76 bits per heavy atom. The van der Waals surface area contributed by atoms with Gasteiger partial charge < -0.3 is 9.47 Å². The van der Waals surface area contributed by atoms with Crippen LogP contribution in [0.15, 0.2) is 54.6 Å². The minimum atomic E-state index is -0.249. The van der Waals surface area contributed by atoms with E-state index in [4.69, 9.17) is 9.47 Å². The van der Waals surface area contributed by atoms with Gasteiger partial charge in [-0.3, -0.25) is 9.59 Å². The summed E-state index contributed by atoms with van der Waals surface area (Å²) in [6.45, 7) is 3.99. The topological polar surface area (TPSA) is 52.6 Å². The van der Waals surface area contributed by atoms with E-state index in [0.717, 1.165) is 3.57 Å². The number of ketones is 2. The monoisotopic (exact) mass is 446 g/mol. The number of hydrogen-bond acceptors (Lipinski definition) is 4. The highest BCUT2D eigenvalue weighted by molar-refractivity contribution is 14.1. The first-order valence-electron chi connectivity index (χ1n) is 7.58. The van der Waals surface area contributed by atoms with Gasteiger partial charge in [0.1, 0.15) is 6.61 Å². The summed E-state index contributed by atoms with van der Waals surface area (Å²) in [7, 11) is 1.55. The first-order chi connectivity index (χ1) is 12.1. The Morgan fingerprint density at radius 3 is 2.32 bits per heavy atom. The largest absolute Gasteiger partial charge is 0.493 e. The van der Waals surface area contributed by atoms with Crippen molar-refractivity contribution < 1.29 is 19.1 Å². The van der Waals surface area contributed by atoms with Gasteiger partial charge >= 0.3 is 0 Å². The highest BCUT2D eigenvalue weighted by Crippen LogP contribution is 2.35. The number of hydrogen-bond donors (Lipinski definition) is 0. The van der Waals surface area contributed by atoms with Gasteiger partial charge in [-0.2, -0.15) is 0 Å². The van der Waals surface area contributed by atoms with Crippen molar-refractivity contribution in [2.24, 2.45) is 0 Å². The first-order valence-corrected chi connectivity index (χ1v) is 8.66. The van der Waals surface area contributed by atoms with Crippen molar-refractivity contribution in [1.29, 1.82) is 0 Å². The summed E-state index contributed by atoms with van der Waals surface area (Å²) in [4.78, 5) is 25.0. The molecule has 0 aromatic heterocycles. The van der Waals surface area contributed by atoms with Gasteiger partial charge in [-0.25, -0.2) is 0 Å². The summed E-state index contributed by atoms with van der Waals surface area (Å²) >= 11 is 2.13. The highest BCUT2D eigenvalue weighted by Gasteiger charge is 2.32. The Kier molecular flexibility index (Phi) is 5.03. The third-order valence-electron chi connectivity index (χ3n) is 3.81. The summed E-state index contributed by atoms with van der Waals surface area (Å²) in [5.41, 5.74) is 1.77. The number of rotatable bonds is 5. The molecule has 2 aromatic rings. The van der Waals surface area contributed by atoms with Crippen LogP contribution in [0.25, 0.3) is 6.08 Å². The molecule has 1 aliphatic carbocycles. The molecule has 0 aliphatic heterocycles. The van der Waals surface area contributed by atoms with Crippen LogP contribution in [0, 0.1) is 3.57 Å². The lowest BCUT2D eigenvalue weighted by molar-refractivity contribution is 0.0990. The van der Waals surface area contributed by atoms with Gasteiger partial charge in [0.05, 0.1) is 16.3 Å². The molecule has 0 atom stereocenters. The summed E-state index contributed by atoms with van der Waals surface area (Å²) in [5, 5.41) is 0. The first kappa shape index (κ1) is 17.4. The molecule has 3 rings (SSSR count). The number of benzene rings is 2. The standard InChI is InChI=1S/C20H15IO4/c1-3-8-25-20-16(21)10-12(11-17(20)24-2)9-15-18(22)13-6-4-5-7-14(13)19(15)23/h3-7,9-11H,1,8H2,2H3. The fraction of sp³-hybridized carbons (Fsp3) is 0.100. The number of methoxy groups -OCH3 is 1. The van der Waals surface area contributed by atoms with E-state index in [1.807, 2.05) is 6.07 Å². The van der Waals surface area contributed by atoms with Crippen LogP contribution in [-0.2, 0) is 0 Å².